The van der Waals surface area contributed by atoms with Crippen molar-refractivity contribution in [1.82, 2.24) is 5.32 Å². The number of hydrogen-bond acceptors (Lipinski definition) is 7. The molecular formula is C30H26ClNO7. The zero-order valence-electron chi connectivity index (χ0n) is 21.8. The highest BCUT2D eigenvalue weighted by Gasteiger charge is 2.63. The van der Waals surface area contributed by atoms with Gasteiger partial charge in [0.2, 0.25) is 23.1 Å². The molecule has 2 heterocycles. The topological polar surface area (TPSA) is 100 Å². The molecule has 1 spiro atoms. The summed E-state index contributed by atoms with van der Waals surface area (Å²) in [6, 6.07) is 12.9. The van der Waals surface area contributed by atoms with Crippen LogP contribution in [0.15, 0.2) is 53.7 Å². The molecule has 1 N–H and O–H groups in total. The highest BCUT2D eigenvalue weighted by molar-refractivity contribution is 6.36. The van der Waals surface area contributed by atoms with Crippen molar-refractivity contribution >= 4 is 39.8 Å². The van der Waals surface area contributed by atoms with Crippen LogP contribution in [0.4, 0.5) is 0 Å². The fourth-order valence-electron chi connectivity index (χ4n) is 6.23. The number of hydrogen-bond donors (Lipinski definition) is 1. The molecule has 0 fully saturated rings. The maximum Gasteiger partial charge on any atom is 0.236 e. The van der Waals surface area contributed by atoms with E-state index in [4.69, 9.17) is 30.5 Å². The number of benzene rings is 3. The highest BCUT2D eigenvalue weighted by Crippen LogP contribution is 2.55. The molecule has 6 rings (SSSR count). The predicted molar refractivity (Wildman–Crippen MR) is 144 cm³/mol. The summed E-state index contributed by atoms with van der Waals surface area (Å²) < 4.78 is 22.7. The average molecular weight is 548 g/mol. The van der Waals surface area contributed by atoms with E-state index < -0.39 is 29.0 Å². The number of allylic oxidation sites excluding steroid dienone is 1. The minimum absolute atomic E-state index is 0.0460. The van der Waals surface area contributed by atoms with Crippen LogP contribution in [0.3, 0.4) is 0 Å². The normalized spacial score (nSPS) is 23.9. The lowest BCUT2D eigenvalue weighted by molar-refractivity contribution is -0.131. The molecule has 0 radical (unpaired) electrons. The van der Waals surface area contributed by atoms with Crippen molar-refractivity contribution in [3.05, 3.63) is 69.9 Å². The lowest BCUT2D eigenvalue weighted by atomic mass is 9.66. The Labute approximate surface area is 229 Å². The number of ether oxygens (including phenoxy) is 4. The first kappa shape index (κ1) is 25.2. The molecule has 0 aromatic heterocycles. The number of amides is 1. The van der Waals surface area contributed by atoms with Crippen molar-refractivity contribution in [2.45, 2.75) is 31.3 Å². The summed E-state index contributed by atoms with van der Waals surface area (Å²) in [7, 11) is 4.47. The minimum atomic E-state index is -1.85. The molecule has 0 saturated carbocycles. The van der Waals surface area contributed by atoms with Crippen molar-refractivity contribution in [3.8, 4) is 23.0 Å². The SMILES string of the molecule is COc1cc(OC)c2c(c1Cl)O[C@@]1(C(=O)C3=C(C[C@H]1C)NC(=O)C[C@@H]3c1ccc(OC)c3ccccc13)C2=O. The molecule has 0 saturated heterocycles. The van der Waals surface area contributed by atoms with Crippen molar-refractivity contribution in [3.63, 3.8) is 0 Å². The summed E-state index contributed by atoms with van der Waals surface area (Å²) in [6.45, 7) is 1.77. The first-order valence-corrected chi connectivity index (χ1v) is 13.0. The summed E-state index contributed by atoms with van der Waals surface area (Å²) in [6.07, 6.45) is 0.304. The second-order valence-corrected chi connectivity index (χ2v) is 10.4. The van der Waals surface area contributed by atoms with Gasteiger partial charge in [-0.05, 0) is 23.4 Å². The number of halogens is 1. The van der Waals surface area contributed by atoms with Crippen LogP contribution in [0.25, 0.3) is 10.8 Å². The Morgan fingerprint density at radius 1 is 0.897 bits per heavy atom. The fourth-order valence-corrected chi connectivity index (χ4v) is 6.50. The van der Waals surface area contributed by atoms with E-state index in [2.05, 4.69) is 5.32 Å². The molecular weight excluding hydrogens is 522 g/mol. The third kappa shape index (κ3) is 3.40. The largest absolute Gasteiger partial charge is 0.496 e. The lowest BCUT2D eigenvalue weighted by Gasteiger charge is -2.41. The summed E-state index contributed by atoms with van der Waals surface area (Å²) >= 11 is 6.57. The van der Waals surface area contributed by atoms with Crippen LogP contribution in [0, 0.1) is 5.92 Å². The minimum Gasteiger partial charge on any atom is -0.496 e. The molecule has 3 atom stereocenters. The Kier molecular flexibility index (Phi) is 5.84. The van der Waals surface area contributed by atoms with Crippen LogP contribution < -0.4 is 24.3 Å². The third-order valence-corrected chi connectivity index (χ3v) is 8.43. The van der Waals surface area contributed by atoms with E-state index in [1.54, 1.807) is 14.0 Å². The standard InChI is InChI=1S/C30H26ClNO7/c1-14-11-19-24(18(12-23(33)32-19)16-9-10-20(36-2)17-8-6-5-7-15(16)17)28(34)30(14)29(35)25-21(37-3)13-22(38-4)26(31)27(25)39-30/h5-10,13-14,18H,11-12H2,1-4H3,(H,32,33)/t14-,18-,30+/m1/s1. The number of methoxy groups -OCH3 is 3. The van der Waals surface area contributed by atoms with Gasteiger partial charge in [0, 0.05) is 41.0 Å². The number of carbonyl (C=O) groups is 3. The fraction of sp³-hybridized carbons (Fsp3) is 0.300. The van der Waals surface area contributed by atoms with Gasteiger partial charge in [-0.3, -0.25) is 14.4 Å². The van der Waals surface area contributed by atoms with Crippen molar-refractivity contribution in [2.75, 3.05) is 21.3 Å². The number of rotatable bonds is 4. The molecule has 3 aromatic rings. The second-order valence-electron chi connectivity index (χ2n) is 10.0. The number of Topliss-reactive ketones (excluding diaryl/α,β-unsaturated/α-hetero) is 2. The predicted octanol–water partition coefficient (Wildman–Crippen LogP) is 5.00. The molecule has 39 heavy (non-hydrogen) atoms. The Morgan fingerprint density at radius 2 is 1.59 bits per heavy atom. The average Bonchev–Trinajstić information content (AvgIpc) is 3.25. The molecule has 9 heteroatoms. The first-order chi connectivity index (χ1) is 18.8. The van der Waals surface area contributed by atoms with Crippen LogP contribution >= 0.6 is 11.6 Å². The van der Waals surface area contributed by atoms with Crippen LogP contribution in [-0.2, 0) is 9.59 Å². The number of nitrogens with one attached hydrogen (secondary N) is 1. The highest BCUT2D eigenvalue weighted by atomic mass is 35.5. The summed E-state index contributed by atoms with van der Waals surface area (Å²) in [5.41, 5.74) is -0.0630. The van der Waals surface area contributed by atoms with E-state index in [1.165, 1.54) is 20.3 Å². The van der Waals surface area contributed by atoms with Crippen LogP contribution in [0.1, 0.15) is 41.6 Å². The van der Waals surface area contributed by atoms with Gasteiger partial charge in [-0.25, -0.2) is 0 Å². The van der Waals surface area contributed by atoms with Gasteiger partial charge in [0.25, 0.3) is 0 Å². The van der Waals surface area contributed by atoms with E-state index in [1.807, 2.05) is 36.4 Å². The van der Waals surface area contributed by atoms with E-state index in [-0.39, 0.29) is 46.6 Å². The molecule has 0 unspecified atom stereocenters. The number of ketones is 2. The van der Waals surface area contributed by atoms with Gasteiger partial charge in [0.05, 0.1) is 21.3 Å². The maximum absolute atomic E-state index is 14.6. The molecule has 3 aromatic carbocycles. The quantitative estimate of drug-likeness (QED) is 0.459. The Bertz CT molecular complexity index is 1630. The van der Waals surface area contributed by atoms with Gasteiger partial charge in [-0.2, -0.15) is 0 Å². The van der Waals surface area contributed by atoms with E-state index in [9.17, 15) is 14.4 Å². The first-order valence-electron chi connectivity index (χ1n) is 12.6. The molecule has 2 aliphatic heterocycles. The Hall–Kier alpha value is -4.04. The van der Waals surface area contributed by atoms with Crippen LogP contribution in [0.2, 0.25) is 5.02 Å². The third-order valence-electron chi connectivity index (χ3n) is 8.07. The van der Waals surface area contributed by atoms with Crippen molar-refractivity contribution < 1.29 is 33.3 Å². The van der Waals surface area contributed by atoms with Crippen molar-refractivity contribution in [2.24, 2.45) is 5.92 Å². The monoisotopic (exact) mass is 547 g/mol. The van der Waals surface area contributed by atoms with Gasteiger partial charge in [-0.1, -0.05) is 48.9 Å². The van der Waals surface area contributed by atoms with Gasteiger partial charge in [0.1, 0.15) is 27.8 Å². The van der Waals surface area contributed by atoms with Gasteiger partial charge in [-0.15, -0.1) is 0 Å². The molecule has 1 amide bonds. The lowest BCUT2D eigenvalue weighted by Crippen LogP contribution is -2.59. The zero-order valence-corrected chi connectivity index (χ0v) is 22.6. The zero-order chi connectivity index (χ0) is 27.6. The molecule has 8 nitrogen and oxygen atoms in total. The summed E-state index contributed by atoms with van der Waals surface area (Å²) in [4.78, 5) is 41.6. The van der Waals surface area contributed by atoms with Gasteiger partial charge in [0.15, 0.2) is 5.75 Å². The smallest absolute Gasteiger partial charge is 0.236 e. The van der Waals surface area contributed by atoms with E-state index >= 15 is 0 Å². The maximum atomic E-state index is 14.6. The van der Waals surface area contributed by atoms with E-state index in [0.717, 1.165) is 16.3 Å². The number of carbonyl (C=O) groups excluding carboxylic acids is 3. The Morgan fingerprint density at radius 3 is 2.28 bits per heavy atom. The van der Waals surface area contributed by atoms with Crippen LogP contribution in [0.5, 0.6) is 23.0 Å². The second kappa shape index (κ2) is 9.02. The molecule has 0 bridgehead atoms. The summed E-state index contributed by atoms with van der Waals surface area (Å²) in [5.74, 6) is -1.15. The molecule has 200 valence electrons. The van der Waals surface area contributed by atoms with Gasteiger partial charge >= 0.3 is 0 Å². The van der Waals surface area contributed by atoms with Crippen LogP contribution in [-0.4, -0.2) is 44.4 Å². The molecule has 1 aliphatic carbocycles. The number of fused-ring (bicyclic) bond motifs is 2. The van der Waals surface area contributed by atoms with Gasteiger partial charge < -0.3 is 24.3 Å². The van der Waals surface area contributed by atoms with E-state index in [0.29, 0.717) is 17.0 Å². The molecule has 3 aliphatic rings. The van der Waals surface area contributed by atoms with Crippen molar-refractivity contribution in [1.29, 1.82) is 0 Å². The summed E-state index contributed by atoms with van der Waals surface area (Å²) in [5, 5.41) is 4.72. The Balaban J connectivity index is 1.54.